The highest BCUT2D eigenvalue weighted by Gasteiger charge is 2.02. The monoisotopic (exact) mass is 239 g/mol. The van der Waals surface area contributed by atoms with Gasteiger partial charge in [-0.25, -0.2) is 8.78 Å². The van der Waals surface area contributed by atoms with Crippen molar-refractivity contribution < 1.29 is 8.78 Å². The van der Waals surface area contributed by atoms with Crippen molar-refractivity contribution >= 4 is 0 Å². The molecule has 0 amide bonds. The first kappa shape index (κ1) is 13.8. The second-order valence-electron chi connectivity index (χ2n) is 4.05. The molecule has 0 atom stereocenters. The average Bonchev–Trinajstić information content (AvgIpc) is 2.32. The minimum Gasteiger partial charge on any atom is -0.313 e. The van der Waals surface area contributed by atoms with Crippen molar-refractivity contribution in [3.05, 3.63) is 48.1 Å². The van der Waals surface area contributed by atoms with Crippen molar-refractivity contribution in [2.75, 3.05) is 6.54 Å². The van der Waals surface area contributed by atoms with E-state index in [1.165, 1.54) is 6.07 Å². The van der Waals surface area contributed by atoms with E-state index < -0.39 is 5.82 Å². The summed E-state index contributed by atoms with van der Waals surface area (Å²) in [4.78, 5) is 0. The van der Waals surface area contributed by atoms with Gasteiger partial charge in [-0.3, -0.25) is 0 Å². The van der Waals surface area contributed by atoms with E-state index in [9.17, 15) is 8.78 Å². The fourth-order valence-electron chi connectivity index (χ4n) is 1.62. The van der Waals surface area contributed by atoms with Crippen LogP contribution >= 0.6 is 0 Å². The molecule has 0 aromatic heterocycles. The summed E-state index contributed by atoms with van der Waals surface area (Å²) in [5.74, 6) is -0.750. The number of rotatable bonds is 8. The Hall–Kier alpha value is -1.22. The molecule has 0 aliphatic heterocycles. The van der Waals surface area contributed by atoms with Crippen molar-refractivity contribution in [3.63, 3.8) is 0 Å². The normalized spacial score (nSPS) is 10.5. The maximum absolute atomic E-state index is 13.2. The number of benzene rings is 1. The maximum atomic E-state index is 13.2. The molecule has 0 heterocycles. The lowest BCUT2D eigenvalue weighted by Crippen LogP contribution is -2.15. The molecule has 1 aromatic rings. The number of unbranched alkanes of at least 4 members (excludes halogenated alkanes) is 3. The summed E-state index contributed by atoms with van der Waals surface area (Å²) in [6.07, 6.45) is 6.27. The first-order chi connectivity index (χ1) is 8.24. The predicted molar refractivity (Wildman–Crippen MR) is 66.7 cm³/mol. The molecule has 0 unspecified atom stereocenters. The smallest absolute Gasteiger partial charge is 0.127 e. The standard InChI is InChI=1S/C14H19F2N/c1-2-3-4-5-6-9-17-11-12-10-13(15)7-8-14(12)16/h2,7-8,10,17H,1,3-6,9,11H2. The van der Waals surface area contributed by atoms with Crippen molar-refractivity contribution in [3.8, 4) is 0 Å². The Bertz CT molecular complexity index is 350. The Morgan fingerprint density at radius 1 is 1.18 bits per heavy atom. The van der Waals surface area contributed by atoms with Crippen LogP contribution in [0.4, 0.5) is 8.78 Å². The van der Waals surface area contributed by atoms with Gasteiger partial charge in [0.2, 0.25) is 0 Å². The molecule has 1 N–H and O–H groups in total. The predicted octanol–water partition coefficient (Wildman–Crippen LogP) is 3.80. The Kier molecular flexibility index (Phi) is 6.48. The topological polar surface area (TPSA) is 12.0 Å². The SMILES string of the molecule is C=CCCCCCNCc1cc(F)ccc1F. The van der Waals surface area contributed by atoms with Crippen LogP contribution in [0.25, 0.3) is 0 Å². The minimum absolute atomic E-state index is 0.356. The Labute approximate surface area is 102 Å². The molecule has 3 heteroatoms. The molecule has 0 aliphatic rings. The maximum Gasteiger partial charge on any atom is 0.127 e. The molecule has 1 nitrogen and oxygen atoms in total. The fraction of sp³-hybridized carbons (Fsp3) is 0.429. The molecule has 0 saturated heterocycles. The van der Waals surface area contributed by atoms with E-state index in [2.05, 4.69) is 11.9 Å². The molecular formula is C14H19F2N. The number of nitrogens with one attached hydrogen (secondary N) is 1. The van der Waals surface area contributed by atoms with Crippen molar-refractivity contribution in [2.24, 2.45) is 0 Å². The van der Waals surface area contributed by atoms with E-state index in [-0.39, 0.29) is 5.82 Å². The van der Waals surface area contributed by atoms with Crippen LogP contribution < -0.4 is 5.32 Å². The molecule has 1 aromatic carbocycles. The van der Waals surface area contributed by atoms with E-state index in [4.69, 9.17) is 0 Å². The molecule has 94 valence electrons. The summed E-state index contributed by atoms with van der Waals surface area (Å²) in [5.41, 5.74) is 0.385. The van der Waals surface area contributed by atoms with Crippen molar-refractivity contribution in [1.82, 2.24) is 5.32 Å². The highest BCUT2D eigenvalue weighted by Crippen LogP contribution is 2.09. The zero-order chi connectivity index (χ0) is 12.5. The number of allylic oxidation sites excluding steroid dienone is 1. The van der Waals surface area contributed by atoms with Gasteiger partial charge < -0.3 is 5.32 Å². The van der Waals surface area contributed by atoms with Crippen LogP contribution in [0.1, 0.15) is 31.2 Å². The summed E-state index contributed by atoms with van der Waals surface area (Å²) in [5, 5.41) is 3.11. The van der Waals surface area contributed by atoms with Gasteiger partial charge in [0.1, 0.15) is 11.6 Å². The van der Waals surface area contributed by atoms with Gasteiger partial charge in [-0.2, -0.15) is 0 Å². The number of halogens is 2. The van der Waals surface area contributed by atoms with Gasteiger partial charge in [-0.1, -0.05) is 12.5 Å². The van der Waals surface area contributed by atoms with Gasteiger partial charge in [-0.05, 0) is 44.0 Å². The Morgan fingerprint density at radius 2 is 2.00 bits per heavy atom. The summed E-state index contributed by atoms with van der Waals surface area (Å²) < 4.78 is 26.1. The molecular weight excluding hydrogens is 220 g/mol. The van der Waals surface area contributed by atoms with Crippen LogP contribution in [-0.4, -0.2) is 6.54 Å². The largest absolute Gasteiger partial charge is 0.313 e. The van der Waals surface area contributed by atoms with Gasteiger partial charge in [0, 0.05) is 12.1 Å². The van der Waals surface area contributed by atoms with Gasteiger partial charge >= 0.3 is 0 Å². The van der Waals surface area contributed by atoms with Crippen molar-refractivity contribution in [2.45, 2.75) is 32.2 Å². The average molecular weight is 239 g/mol. The molecule has 1 rings (SSSR count). The van der Waals surface area contributed by atoms with Crippen LogP contribution in [0.15, 0.2) is 30.9 Å². The summed E-state index contributed by atoms with van der Waals surface area (Å²) in [6.45, 7) is 4.87. The van der Waals surface area contributed by atoms with E-state index in [1.807, 2.05) is 6.08 Å². The Morgan fingerprint density at radius 3 is 2.76 bits per heavy atom. The lowest BCUT2D eigenvalue weighted by atomic mass is 10.2. The quantitative estimate of drug-likeness (QED) is 0.537. The first-order valence-corrected chi connectivity index (χ1v) is 5.99. The van der Waals surface area contributed by atoms with Gasteiger partial charge in [0.25, 0.3) is 0 Å². The fourth-order valence-corrected chi connectivity index (χ4v) is 1.62. The van der Waals surface area contributed by atoms with Crippen molar-refractivity contribution in [1.29, 1.82) is 0 Å². The lowest BCUT2D eigenvalue weighted by molar-refractivity contribution is 0.557. The van der Waals surface area contributed by atoms with Crippen LogP contribution in [-0.2, 0) is 6.54 Å². The van der Waals surface area contributed by atoms with E-state index in [0.29, 0.717) is 12.1 Å². The molecule has 0 radical (unpaired) electrons. The molecule has 0 aliphatic carbocycles. The number of hydrogen-bond acceptors (Lipinski definition) is 1. The third-order valence-corrected chi connectivity index (χ3v) is 2.59. The molecule has 0 bridgehead atoms. The highest BCUT2D eigenvalue weighted by atomic mass is 19.1. The minimum atomic E-state index is -0.394. The molecule has 17 heavy (non-hydrogen) atoms. The second-order valence-corrected chi connectivity index (χ2v) is 4.05. The van der Waals surface area contributed by atoms with Gasteiger partial charge in [0.15, 0.2) is 0 Å². The number of hydrogen-bond donors (Lipinski definition) is 1. The van der Waals surface area contributed by atoms with Gasteiger partial charge in [0.05, 0.1) is 0 Å². The molecule has 0 spiro atoms. The Balaban J connectivity index is 2.17. The summed E-state index contributed by atoms with van der Waals surface area (Å²) in [7, 11) is 0. The van der Waals surface area contributed by atoms with E-state index in [1.54, 1.807) is 0 Å². The molecule has 0 saturated carbocycles. The van der Waals surface area contributed by atoms with E-state index in [0.717, 1.165) is 44.4 Å². The van der Waals surface area contributed by atoms with Crippen LogP contribution in [0.5, 0.6) is 0 Å². The summed E-state index contributed by atoms with van der Waals surface area (Å²) >= 11 is 0. The molecule has 0 fully saturated rings. The zero-order valence-electron chi connectivity index (χ0n) is 10.0. The third kappa shape index (κ3) is 5.59. The second kappa shape index (κ2) is 7.96. The third-order valence-electron chi connectivity index (χ3n) is 2.59. The lowest BCUT2D eigenvalue weighted by Gasteiger charge is -2.06. The van der Waals surface area contributed by atoms with Crippen LogP contribution in [0, 0.1) is 11.6 Å². The van der Waals surface area contributed by atoms with E-state index >= 15 is 0 Å². The summed E-state index contributed by atoms with van der Waals surface area (Å²) in [6, 6.07) is 3.53. The van der Waals surface area contributed by atoms with Crippen LogP contribution in [0.2, 0.25) is 0 Å². The zero-order valence-corrected chi connectivity index (χ0v) is 10.0. The van der Waals surface area contributed by atoms with Gasteiger partial charge in [-0.15, -0.1) is 6.58 Å². The highest BCUT2D eigenvalue weighted by molar-refractivity contribution is 5.18. The first-order valence-electron chi connectivity index (χ1n) is 5.99. The van der Waals surface area contributed by atoms with Crippen LogP contribution in [0.3, 0.4) is 0 Å².